The third-order valence-electron chi connectivity index (χ3n) is 1.35. The van der Waals surface area contributed by atoms with E-state index in [1.165, 1.54) is 0 Å². The molecule has 0 fully saturated rings. The van der Waals surface area contributed by atoms with Crippen LogP contribution in [-0.4, -0.2) is 23.3 Å². The van der Waals surface area contributed by atoms with E-state index >= 15 is 0 Å². The molecule has 0 atom stereocenters. The second-order valence-electron chi connectivity index (χ2n) is 2.02. The number of anilines is 1. The fraction of sp³-hybridized carbons (Fsp3) is 0.400. The van der Waals surface area contributed by atoms with Crippen molar-refractivity contribution in [2.24, 2.45) is 10.3 Å². The van der Waals surface area contributed by atoms with Crippen LogP contribution in [0.25, 0.3) is 0 Å². The second kappa shape index (κ2) is 2.09. The topological polar surface area (TPSA) is 56.6 Å². The van der Waals surface area contributed by atoms with Crippen LogP contribution in [0, 0.1) is 0 Å². The van der Waals surface area contributed by atoms with Crippen LogP contribution in [0.4, 0.5) is 5.82 Å². The smallest absolute Gasteiger partial charge is 0.146 e. The largest absolute Gasteiger partial charge is 0.262 e. The first-order valence-electron chi connectivity index (χ1n) is 3.11. The predicted molar refractivity (Wildman–Crippen MR) is 35.7 cm³/mol. The maximum absolute atomic E-state index is 3.87. The first kappa shape index (κ1) is 5.40. The minimum absolute atomic E-state index is 0.777. The van der Waals surface area contributed by atoms with Crippen molar-refractivity contribution in [2.75, 3.05) is 18.1 Å². The van der Waals surface area contributed by atoms with Gasteiger partial charge in [0.15, 0.2) is 0 Å². The van der Waals surface area contributed by atoms with Gasteiger partial charge in [0.2, 0.25) is 0 Å². The Kier molecular flexibility index (Phi) is 1.13. The molecule has 1 aliphatic rings. The summed E-state index contributed by atoms with van der Waals surface area (Å²) in [5.41, 5.74) is 0. The quantitative estimate of drug-likeness (QED) is 0.616. The van der Waals surface area contributed by atoms with Crippen LogP contribution < -0.4 is 5.01 Å². The third-order valence-corrected chi connectivity index (χ3v) is 1.35. The number of nitrogens with zero attached hydrogens (tertiary/aromatic N) is 4. The Morgan fingerprint density at radius 3 is 3.20 bits per heavy atom. The van der Waals surface area contributed by atoms with E-state index < -0.39 is 0 Å². The number of hydrogen-bond acceptors (Lipinski definition) is 4. The minimum atomic E-state index is 0.777. The van der Waals surface area contributed by atoms with Crippen LogP contribution in [0.15, 0.2) is 22.6 Å². The first-order valence-corrected chi connectivity index (χ1v) is 3.11. The van der Waals surface area contributed by atoms with Gasteiger partial charge in [0, 0.05) is 6.07 Å². The average Bonchev–Trinajstić information content (AvgIpc) is 2.59. The Morgan fingerprint density at radius 2 is 2.60 bits per heavy atom. The summed E-state index contributed by atoms with van der Waals surface area (Å²) in [7, 11) is 0. The summed E-state index contributed by atoms with van der Waals surface area (Å²) >= 11 is 0. The van der Waals surface area contributed by atoms with Gasteiger partial charge in [-0.3, -0.25) is 5.10 Å². The molecule has 1 aromatic heterocycles. The number of rotatable bonds is 1. The van der Waals surface area contributed by atoms with Crippen molar-refractivity contribution in [3.05, 3.63) is 12.3 Å². The SMILES string of the molecule is c1cc(N2CCN=N2)[nH]n1. The van der Waals surface area contributed by atoms with Gasteiger partial charge in [-0.1, -0.05) is 5.22 Å². The molecule has 0 saturated carbocycles. The van der Waals surface area contributed by atoms with Gasteiger partial charge in [-0.25, -0.2) is 5.01 Å². The van der Waals surface area contributed by atoms with Crippen molar-refractivity contribution >= 4 is 5.82 Å². The zero-order chi connectivity index (χ0) is 6.81. The zero-order valence-electron chi connectivity index (χ0n) is 5.36. The molecule has 1 aliphatic heterocycles. The Balaban J connectivity index is 2.20. The fourth-order valence-electron chi connectivity index (χ4n) is 0.866. The molecule has 52 valence electrons. The maximum atomic E-state index is 3.87. The second-order valence-corrected chi connectivity index (χ2v) is 2.02. The highest BCUT2D eigenvalue weighted by molar-refractivity contribution is 5.35. The van der Waals surface area contributed by atoms with Crippen LogP contribution in [-0.2, 0) is 0 Å². The van der Waals surface area contributed by atoms with E-state index in [-0.39, 0.29) is 0 Å². The summed E-state index contributed by atoms with van der Waals surface area (Å²) in [6.07, 6.45) is 1.70. The lowest BCUT2D eigenvalue weighted by atomic mass is 10.5. The number of H-pyrrole nitrogens is 1. The molecule has 2 heterocycles. The molecule has 2 rings (SSSR count). The van der Waals surface area contributed by atoms with Crippen LogP contribution in [0.3, 0.4) is 0 Å². The summed E-state index contributed by atoms with van der Waals surface area (Å²) in [4.78, 5) is 0. The van der Waals surface area contributed by atoms with E-state index in [0.717, 1.165) is 18.9 Å². The van der Waals surface area contributed by atoms with Crippen molar-refractivity contribution in [1.82, 2.24) is 10.2 Å². The van der Waals surface area contributed by atoms with E-state index in [4.69, 9.17) is 0 Å². The van der Waals surface area contributed by atoms with Crippen molar-refractivity contribution in [1.29, 1.82) is 0 Å². The molecule has 5 nitrogen and oxygen atoms in total. The molecule has 0 radical (unpaired) electrons. The van der Waals surface area contributed by atoms with Crippen LogP contribution in [0.1, 0.15) is 0 Å². The fourth-order valence-corrected chi connectivity index (χ4v) is 0.866. The molecule has 0 amide bonds. The van der Waals surface area contributed by atoms with E-state index in [1.54, 1.807) is 11.2 Å². The Bertz CT molecular complexity index is 226. The molecule has 0 saturated heterocycles. The number of aromatic amines is 1. The van der Waals surface area contributed by atoms with Crippen LogP contribution >= 0.6 is 0 Å². The zero-order valence-corrected chi connectivity index (χ0v) is 5.36. The molecule has 0 bridgehead atoms. The summed E-state index contributed by atoms with van der Waals surface area (Å²) in [5.74, 6) is 0.904. The summed E-state index contributed by atoms with van der Waals surface area (Å²) in [6, 6.07) is 1.87. The molecule has 1 N–H and O–H groups in total. The van der Waals surface area contributed by atoms with E-state index in [2.05, 4.69) is 20.5 Å². The van der Waals surface area contributed by atoms with Gasteiger partial charge < -0.3 is 0 Å². The lowest BCUT2D eigenvalue weighted by Gasteiger charge is -2.05. The predicted octanol–water partition coefficient (Wildman–Crippen LogP) is 0.597. The summed E-state index contributed by atoms with van der Waals surface area (Å²) in [5, 5.41) is 16.1. The highest BCUT2D eigenvalue weighted by Gasteiger charge is 2.09. The van der Waals surface area contributed by atoms with Crippen LogP contribution in [0.5, 0.6) is 0 Å². The summed E-state index contributed by atoms with van der Waals surface area (Å²) < 4.78 is 0. The molecular weight excluding hydrogens is 130 g/mol. The van der Waals surface area contributed by atoms with Gasteiger partial charge in [-0.05, 0) is 0 Å². The Labute approximate surface area is 57.7 Å². The lowest BCUT2D eigenvalue weighted by molar-refractivity contribution is 0.900. The van der Waals surface area contributed by atoms with Crippen molar-refractivity contribution in [3.63, 3.8) is 0 Å². The highest BCUT2D eigenvalue weighted by atomic mass is 15.6. The average molecular weight is 137 g/mol. The number of hydrogen-bond donors (Lipinski definition) is 1. The van der Waals surface area contributed by atoms with Gasteiger partial charge in [0.1, 0.15) is 5.82 Å². The van der Waals surface area contributed by atoms with Crippen LogP contribution in [0.2, 0.25) is 0 Å². The number of nitrogens with one attached hydrogen (secondary N) is 1. The van der Waals surface area contributed by atoms with Crippen molar-refractivity contribution in [3.8, 4) is 0 Å². The highest BCUT2D eigenvalue weighted by Crippen LogP contribution is 2.11. The maximum Gasteiger partial charge on any atom is 0.146 e. The molecule has 10 heavy (non-hydrogen) atoms. The van der Waals surface area contributed by atoms with Gasteiger partial charge >= 0.3 is 0 Å². The van der Waals surface area contributed by atoms with Gasteiger partial charge in [-0.15, -0.1) is 0 Å². The normalized spacial score (nSPS) is 16.6. The Hall–Kier alpha value is -1.39. The standard InChI is InChI=1S/C5H7N5/c1-2-6-8-5(1)10-4-3-7-9-10/h1-2H,3-4H2,(H,6,8). The van der Waals surface area contributed by atoms with Gasteiger partial charge in [0.25, 0.3) is 0 Å². The summed E-state index contributed by atoms with van der Waals surface area (Å²) in [6.45, 7) is 1.63. The van der Waals surface area contributed by atoms with E-state index in [9.17, 15) is 0 Å². The molecule has 5 heteroatoms. The molecule has 0 aliphatic carbocycles. The molecule has 0 aromatic carbocycles. The minimum Gasteiger partial charge on any atom is -0.262 e. The van der Waals surface area contributed by atoms with Crippen molar-refractivity contribution in [2.45, 2.75) is 0 Å². The van der Waals surface area contributed by atoms with E-state index in [1.807, 2.05) is 6.07 Å². The lowest BCUT2D eigenvalue weighted by Crippen LogP contribution is -2.13. The van der Waals surface area contributed by atoms with Crippen molar-refractivity contribution < 1.29 is 0 Å². The first-order chi connectivity index (χ1) is 4.97. The monoisotopic (exact) mass is 137 g/mol. The van der Waals surface area contributed by atoms with Gasteiger partial charge in [-0.2, -0.15) is 10.2 Å². The molecule has 0 unspecified atom stereocenters. The molecular formula is C5H7N5. The van der Waals surface area contributed by atoms with Gasteiger partial charge in [0.05, 0.1) is 19.3 Å². The Morgan fingerprint density at radius 1 is 1.60 bits per heavy atom. The molecule has 1 aromatic rings. The van der Waals surface area contributed by atoms with E-state index in [0.29, 0.717) is 0 Å². The third kappa shape index (κ3) is 0.754. The molecule has 0 spiro atoms. The number of aromatic nitrogens is 2.